The Morgan fingerprint density at radius 3 is 2.71 bits per heavy atom. The molecule has 0 aromatic heterocycles. The summed E-state index contributed by atoms with van der Waals surface area (Å²) in [7, 11) is 1.30. The first-order valence-corrected chi connectivity index (χ1v) is 4.16. The van der Waals surface area contributed by atoms with Gasteiger partial charge in [0.25, 0.3) is 0 Å². The Labute approximate surface area is 81.8 Å². The van der Waals surface area contributed by atoms with Crippen LogP contribution in [0.2, 0.25) is 0 Å². The first-order valence-electron chi connectivity index (χ1n) is 4.16. The van der Waals surface area contributed by atoms with E-state index in [1.165, 1.54) is 19.2 Å². The molecule has 1 aromatic rings. The van der Waals surface area contributed by atoms with Gasteiger partial charge in [-0.05, 0) is 23.3 Å². The zero-order valence-corrected chi connectivity index (χ0v) is 7.86. The molecule has 0 saturated carbocycles. The molecular formula is C10H12O4. The number of phenols is 1. The number of methoxy groups -OCH3 is 1. The third kappa shape index (κ3) is 2.47. The summed E-state index contributed by atoms with van der Waals surface area (Å²) in [6, 6.07) is 4.49. The molecule has 0 fully saturated rings. The monoisotopic (exact) mass is 196 g/mol. The maximum atomic E-state index is 11.0. The molecular weight excluding hydrogens is 184 g/mol. The lowest BCUT2D eigenvalue weighted by Gasteiger charge is -2.06. The van der Waals surface area contributed by atoms with E-state index in [1.807, 2.05) is 0 Å². The van der Waals surface area contributed by atoms with Gasteiger partial charge in [0.15, 0.2) is 0 Å². The van der Waals surface area contributed by atoms with Crippen LogP contribution < -0.4 is 0 Å². The first-order chi connectivity index (χ1) is 6.67. The van der Waals surface area contributed by atoms with Crippen LogP contribution >= 0.6 is 0 Å². The number of aliphatic hydroxyl groups is 1. The molecule has 0 saturated heterocycles. The molecule has 0 heterocycles. The summed E-state index contributed by atoms with van der Waals surface area (Å²) < 4.78 is 4.49. The van der Waals surface area contributed by atoms with Gasteiger partial charge in [0.2, 0.25) is 0 Å². The van der Waals surface area contributed by atoms with Crippen molar-refractivity contribution in [2.24, 2.45) is 0 Å². The number of aromatic hydroxyl groups is 1. The minimum atomic E-state index is -0.398. The van der Waals surface area contributed by atoms with Crippen molar-refractivity contribution in [3.05, 3.63) is 29.3 Å². The van der Waals surface area contributed by atoms with Crippen molar-refractivity contribution >= 4 is 5.97 Å². The lowest BCUT2D eigenvalue weighted by Crippen LogP contribution is -2.06. The van der Waals surface area contributed by atoms with E-state index in [0.29, 0.717) is 11.1 Å². The van der Waals surface area contributed by atoms with Crippen LogP contribution in [-0.4, -0.2) is 23.3 Å². The highest BCUT2D eigenvalue weighted by molar-refractivity contribution is 5.73. The fraction of sp³-hybridized carbons (Fsp3) is 0.300. The number of benzene rings is 1. The smallest absolute Gasteiger partial charge is 0.309 e. The summed E-state index contributed by atoms with van der Waals surface area (Å²) in [6.45, 7) is -0.160. The predicted molar refractivity (Wildman–Crippen MR) is 49.7 cm³/mol. The Bertz CT molecular complexity index is 333. The maximum absolute atomic E-state index is 11.0. The predicted octanol–water partition coefficient (Wildman–Crippen LogP) is 0.600. The molecule has 76 valence electrons. The largest absolute Gasteiger partial charge is 0.508 e. The number of rotatable bonds is 3. The van der Waals surface area contributed by atoms with E-state index in [9.17, 15) is 9.90 Å². The van der Waals surface area contributed by atoms with E-state index in [0.717, 1.165) is 0 Å². The van der Waals surface area contributed by atoms with E-state index in [-0.39, 0.29) is 18.8 Å². The van der Waals surface area contributed by atoms with Gasteiger partial charge in [0.1, 0.15) is 5.75 Å². The van der Waals surface area contributed by atoms with Gasteiger partial charge in [-0.25, -0.2) is 0 Å². The summed E-state index contributed by atoms with van der Waals surface area (Å²) >= 11 is 0. The fourth-order valence-corrected chi connectivity index (χ4v) is 1.16. The molecule has 4 nitrogen and oxygen atoms in total. The minimum Gasteiger partial charge on any atom is -0.508 e. The number of hydrogen-bond acceptors (Lipinski definition) is 4. The SMILES string of the molecule is COC(=O)Cc1cc(O)ccc1CO. The fourth-order valence-electron chi connectivity index (χ4n) is 1.16. The summed E-state index contributed by atoms with van der Waals surface area (Å²) in [5.74, 6) is -0.327. The minimum absolute atomic E-state index is 0.0563. The Morgan fingerprint density at radius 1 is 1.43 bits per heavy atom. The van der Waals surface area contributed by atoms with Gasteiger partial charge in [-0.15, -0.1) is 0 Å². The quantitative estimate of drug-likeness (QED) is 0.695. The van der Waals surface area contributed by atoms with Crippen molar-refractivity contribution in [1.29, 1.82) is 0 Å². The van der Waals surface area contributed by atoms with Crippen LogP contribution in [0.1, 0.15) is 11.1 Å². The topological polar surface area (TPSA) is 66.8 Å². The van der Waals surface area contributed by atoms with Crippen molar-refractivity contribution in [1.82, 2.24) is 0 Å². The van der Waals surface area contributed by atoms with Gasteiger partial charge in [-0.3, -0.25) is 4.79 Å². The van der Waals surface area contributed by atoms with Crippen LogP contribution in [0.15, 0.2) is 18.2 Å². The number of carbonyl (C=O) groups excluding carboxylic acids is 1. The average Bonchev–Trinajstić information content (AvgIpc) is 2.18. The molecule has 0 aliphatic rings. The second-order valence-electron chi connectivity index (χ2n) is 2.86. The molecule has 4 heteroatoms. The summed E-state index contributed by atoms with van der Waals surface area (Å²) in [6.07, 6.45) is 0.0563. The third-order valence-electron chi connectivity index (χ3n) is 1.92. The highest BCUT2D eigenvalue weighted by atomic mass is 16.5. The molecule has 0 radical (unpaired) electrons. The van der Waals surface area contributed by atoms with Crippen LogP contribution in [-0.2, 0) is 22.6 Å². The van der Waals surface area contributed by atoms with Gasteiger partial charge in [-0.1, -0.05) is 6.07 Å². The molecule has 2 N–H and O–H groups in total. The zero-order valence-electron chi connectivity index (χ0n) is 7.86. The molecule has 0 spiro atoms. The lowest BCUT2D eigenvalue weighted by atomic mass is 10.0. The molecule has 0 atom stereocenters. The van der Waals surface area contributed by atoms with Gasteiger partial charge in [0, 0.05) is 0 Å². The summed E-state index contributed by atoms with van der Waals surface area (Å²) in [5, 5.41) is 18.1. The van der Waals surface area contributed by atoms with Crippen LogP contribution in [0.25, 0.3) is 0 Å². The van der Waals surface area contributed by atoms with Crippen LogP contribution in [0.4, 0.5) is 0 Å². The number of ether oxygens (including phenoxy) is 1. The Hall–Kier alpha value is -1.55. The van der Waals surface area contributed by atoms with E-state index < -0.39 is 5.97 Å². The van der Waals surface area contributed by atoms with E-state index in [1.54, 1.807) is 6.07 Å². The zero-order chi connectivity index (χ0) is 10.6. The van der Waals surface area contributed by atoms with Crippen molar-refractivity contribution in [2.75, 3.05) is 7.11 Å². The standard InChI is InChI=1S/C10H12O4/c1-14-10(13)5-8-4-9(12)3-2-7(8)6-11/h2-4,11-12H,5-6H2,1H3. The molecule has 0 bridgehead atoms. The van der Waals surface area contributed by atoms with Crippen LogP contribution in [0, 0.1) is 0 Å². The molecule has 0 aliphatic heterocycles. The van der Waals surface area contributed by atoms with Crippen molar-refractivity contribution in [3.63, 3.8) is 0 Å². The summed E-state index contributed by atoms with van der Waals surface area (Å²) in [4.78, 5) is 11.0. The number of aliphatic hydroxyl groups excluding tert-OH is 1. The number of esters is 1. The molecule has 0 unspecified atom stereocenters. The van der Waals surface area contributed by atoms with Gasteiger partial charge in [-0.2, -0.15) is 0 Å². The number of hydrogen-bond donors (Lipinski definition) is 2. The molecule has 1 rings (SSSR count). The van der Waals surface area contributed by atoms with E-state index in [4.69, 9.17) is 5.11 Å². The van der Waals surface area contributed by atoms with E-state index >= 15 is 0 Å². The summed E-state index contributed by atoms with van der Waals surface area (Å²) in [5.41, 5.74) is 1.20. The Morgan fingerprint density at radius 2 is 2.14 bits per heavy atom. The highest BCUT2D eigenvalue weighted by Crippen LogP contribution is 2.17. The molecule has 1 aromatic carbocycles. The second kappa shape index (κ2) is 4.62. The second-order valence-corrected chi connectivity index (χ2v) is 2.86. The van der Waals surface area contributed by atoms with Crippen LogP contribution in [0.3, 0.4) is 0 Å². The molecule has 14 heavy (non-hydrogen) atoms. The maximum Gasteiger partial charge on any atom is 0.309 e. The Kier molecular flexibility index (Phi) is 3.48. The van der Waals surface area contributed by atoms with Crippen molar-refractivity contribution in [3.8, 4) is 5.75 Å². The van der Waals surface area contributed by atoms with E-state index in [2.05, 4.69) is 4.74 Å². The number of phenolic OH excluding ortho intramolecular Hbond substituents is 1. The third-order valence-corrected chi connectivity index (χ3v) is 1.92. The van der Waals surface area contributed by atoms with Gasteiger partial charge >= 0.3 is 5.97 Å². The lowest BCUT2D eigenvalue weighted by molar-refractivity contribution is -0.139. The molecule has 0 aliphatic carbocycles. The van der Waals surface area contributed by atoms with Crippen molar-refractivity contribution < 1.29 is 19.7 Å². The van der Waals surface area contributed by atoms with Crippen LogP contribution in [0.5, 0.6) is 5.75 Å². The highest BCUT2D eigenvalue weighted by Gasteiger charge is 2.08. The first kappa shape index (κ1) is 10.5. The molecule has 0 amide bonds. The Balaban J connectivity index is 2.93. The number of carbonyl (C=O) groups is 1. The average molecular weight is 196 g/mol. The van der Waals surface area contributed by atoms with Gasteiger partial charge in [0.05, 0.1) is 20.1 Å². The normalized spacial score (nSPS) is 9.86. The van der Waals surface area contributed by atoms with Crippen molar-refractivity contribution in [2.45, 2.75) is 13.0 Å². The van der Waals surface area contributed by atoms with Gasteiger partial charge < -0.3 is 14.9 Å².